The SMILES string of the molecule is CC1=Nc2ccccc2C1(C)Cc1ccccc1C#N. The number of nitrogens with zero attached hydrogens (tertiary/aromatic N) is 2. The Labute approximate surface area is 119 Å². The molecule has 1 aliphatic rings. The van der Waals surface area contributed by atoms with Crippen molar-refractivity contribution in [2.24, 2.45) is 4.99 Å². The molecule has 3 rings (SSSR count). The molecule has 0 bridgehead atoms. The smallest absolute Gasteiger partial charge is 0.0994 e. The van der Waals surface area contributed by atoms with Gasteiger partial charge in [0.05, 0.1) is 17.3 Å². The van der Waals surface area contributed by atoms with Crippen LogP contribution in [0.3, 0.4) is 0 Å². The van der Waals surface area contributed by atoms with Gasteiger partial charge in [0, 0.05) is 11.1 Å². The number of hydrogen-bond donors (Lipinski definition) is 0. The Kier molecular flexibility index (Phi) is 2.91. The molecular weight excluding hydrogens is 244 g/mol. The Balaban J connectivity index is 2.07. The lowest BCUT2D eigenvalue weighted by Crippen LogP contribution is -2.30. The van der Waals surface area contributed by atoms with Crippen LogP contribution >= 0.6 is 0 Å². The Morgan fingerprint density at radius 1 is 1.10 bits per heavy atom. The summed E-state index contributed by atoms with van der Waals surface area (Å²) >= 11 is 0. The highest BCUT2D eigenvalue weighted by Gasteiger charge is 2.37. The Hall–Kier alpha value is -2.40. The maximum Gasteiger partial charge on any atom is 0.0994 e. The summed E-state index contributed by atoms with van der Waals surface area (Å²) in [6.07, 6.45) is 0.809. The van der Waals surface area contributed by atoms with Crippen LogP contribution in [0.5, 0.6) is 0 Å². The predicted octanol–water partition coefficient (Wildman–Crippen LogP) is 4.16. The minimum Gasteiger partial charge on any atom is -0.257 e. The standard InChI is InChI=1S/C18H16N2/c1-13-18(2,16-9-5-6-10-17(16)20-13)11-14-7-3-4-8-15(14)12-19/h3-10H,11H2,1-2H3. The molecule has 0 spiro atoms. The topological polar surface area (TPSA) is 36.1 Å². The molecule has 0 saturated carbocycles. The van der Waals surface area contributed by atoms with Gasteiger partial charge in [0.2, 0.25) is 0 Å². The summed E-state index contributed by atoms with van der Waals surface area (Å²) < 4.78 is 0. The summed E-state index contributed by atoms with van der Waals surface area (Å²) in [6, 6.07) is 18.4. The van der Waals surface area contributed by atoms with E-state index in [0.717, 1.165) is 28.9 Å². The maximum absolute atomic E-state index is 9.26. The molecule has 0 saturated heterocycles. The average Bonchev–Trinajstić information content (AvgIpc) is 2.72. The van der Waals surface area contributed by atoms with Crippen molar-refractivity contribution in [1.82, 2.24) is 0 Å². The molecule has 2 aromatic rings. The molecule has 2 aromatic carbocycles. The first-order valence-electron chi connectivity index (χ1n) is 6.78. The van der Waals surface area contributed by atoms with Crippen LogP contribution in [-0.2, 0) is 11.8 Å². The second kappa shape index (κ2) is 4.61. The molecule has 2 nitrogen and oxygen atoms in total. The van der Waals surface area contributed by atoms with Gasteiger partial charge in [-0.2, -0.15) is 5.26 Å². The van der Waals surface area contributed by atoms with Gasteiger partial charge in [-0.15, -0.1) is 0 Å². The van der Waals surface area contributed by atoms with Gasteiger partial charge in [-0.05, 0) is 43.5 Å². The van der Waals surface area contributed by atoms with E-state index in [0.29, 0.717) is 0 Å². The molecule has 1 unspecified atom stereocenters. The van der Waals surface area contributed by atoms with Crippen molar-refractivity contribution in [2.45, 2.75) is 25.7 Å². The highest BCUT2D eigenvalue weighted by molar-refractivity contribution is 6.00. The van der Waals surface area contributed by atoms with Crippen LogP contribution < -0.4 is 0 Å². The van der Waals surface area contributed by atoms with Gasteiger partial charge >= 0.3 is 0 Å². The molecular formula is C18H16N2. The number of rotatable bonds is 2. The van der Waals surface area contributed by atoms with Gasteiger partial charge < -0.3 is 0 Å². The third kappa shape index (κ3) is 1.83. The van der Waals surface area contributed by atoms with Gasteiger partial charge in [-0.25, -0.2) is 0 Å². The van der Waals surface area contributed by atoms with E-state index < -0.39 is 0 Å². The fourth-order valence-electron chi connectivity index (χ4n) is 2.92. The zero-order valence-corrected chi connectivity index (χ0v) is 11.7. The van der Waals surface area contributed by atoms with Gasteiger partial charge in [0.25, 0.3) is 0 Å². The fraction of sp³-hybridized carbons (Fsp3) is 0.222. The molecule has 2 heteroatoms. The lowest BCUT2D eigenvalue weighted by molar-refractivity contribution is 0.644. The van der Waals surface area contributed by atoms with Gasteiger partial charge in [0.1, 0.15) is 0 Å². The van der Waals surface area contributed by atoms with Crippen LogP contribution in [0.4, 0.5) is 5.69 Å². The first kappa shape index (κ1) is 12.6. The maximum atomic E-state index is 9.26. The van der Waals surface area contributed by atoms with Crippen LogP contribution in [0.2, 0.25) is 0 Å². The van der Waals surface area contributed by atoms with Gasteiger partial charge in [0.15, 0.2) is 0 Å². The third-order valence-corrected chi connectivity index (χ3v) is 4.27. The van der Waals surface area contributed by atoms with Crippen molar-refractivity contribution in [3.8, 4) is 6.07 Å². The summed E-state index contributed by atoms with van der Waals surface area (Å²) in [5.41, 5.74) is 5.15. The molecule has 0 aromatic heterocycles. The normalized spacial score (nSPS) is 20.1. The van der Waals surface area contributed by atoms with Gasteiger partial charge in [-0.3, -0.25) is 4.99 Å². The van der Waals surface area contributed by atoms with Crippen LogP contribution in [0.15, 0.2) is 53.5 Å². The molecule has 1 aliphatic heterocycles. The quantitative estimate of drug-likeness (QED) is 0.798. The van der Waals surface area contributed by atoms with E-state index in [1.165, 1.54) is 5.56 Å². The summed E-state index contributed by atoms with van der Waals surface area (Å²) in [5.74, 6) is 0. The largest absolute Gasteiger partial charge is 0.257 e. The molecule has 98 valence electrons. The Morgan fingerprint density at radius 3 is 2.60 bits per heavy atom. The Bertz CT molecular complexity index is 737. The molecule has 1 heterocycles. The minimum atomic E-state index is -0.121. The lowest BCUT2D eigenvalue weighted by atomic mass is 9.74. The summed E-state index contributed by atoms with van der Waals surface area (Å²) in [6.45, 7) is 4.29. The number of fused-ring (bicyclic) bond motifs is 1. The molecule has 0 aliphatic carbocycles. The Morgan fingerprint density at radius 2 is 1.80 bits per heavy atom. The van der Waals surface area contributed by atoms with E-state index in [4.69, 9.17) is 4.99 Å². The lowest BCUT2D eigenvalue weighted by Gasteiger charge is -2.26. The molecule has 20 heavy (non-hydrogen) atoms. The monoisotopic (exact) mass is 260 g/mol. The number of para-hydroxylation sites is 1. The first-order chi connectivity index (χ1) is 9.65. The highest BCUT2D eigenvalue weighted by atomic mass is 14.8. The predicted molar refractivity (Wildman–Crippen MR) is 81.4 cm³/mol. The van der Waals surface area contributed by atoms with E-state index in [1.54, 1.807) is 0 Å². The second-order valence-corrected chi connectivity index (χ2v) is 5.49. The van der Waals surface area contributed by atoms with Crippen molar-refractivity contribution in [1.29, 1.82) is 5.26 Å². The third-order valence-electron chi connectivity index (χ3n) is 4.27. The van der Waals surface area contributed by atoms with Crippen LogP contribution in [-0.4, -0.2) is 5.71 Å². The van der Waals surface area contributed by atoms with E-state index in [1.807, 2.05) is 30.3 Å². The first-order valence-corrected chi connectivity index (χ1v) is 6.78. The van der Waals surface area contributed by atoms with E-state index in [2.05, 4.69) is 38.1 Å². The second-order valence-electron chi connectivity index (χ2n) is 5.49. The number of hydrogen-bond acceptors (Lipinski definition) is 2. The summed E-state index contributed by atoms with van der Waals surface area (Å²) in [5, 5.41) is 9.26. The summed E-state index contributed by atoms with van der Waals surface area (Å²) in [4.78, 5) is 4.69. The van der Waals surface area contributed by atoms with Crippen LogP contribution in [0.25, 0.3) is 0 Å². The molecule has 1 atom stereocenters. The van der Waals surface area contributed by atoms with E-state index >= 15 is 0 Å². The molecule has 0 amide bonds. The van der Waals surface area contributed by atoms with Crippen molar-refractivity contribution < 1.29 is 0 Å². The van der Waals surface area contributed by atoms with Crippen LogP contribution in [0, 0.1) is 11.3 Å². The zero-order valence-electron chi connectivity index (χ0n) is 11.7. The number of nitriles is 1. The minimum absolute atomic E-state index is 0.121. The highest BCUT2D eigenvalue weighted by Crippen LogP contribution is 2.42. The molecule has 0 radical (unpaired) electrons. The van der Waals surface area contributed by atoms with Crippen LogP contribution in [0.1, 0.15) is 30.5 Å². The van der Waals surface area contributed by atoms with Crippen molar-refractivity contribution >= 4 is 11.4 Å². The van der Waals surface area contributed by atoms with Gasteiger partial charge in [-0.1, -0.05) is 36.4 Å². The van der Waals surface area contributed by atoms with Crippen molar-refractivity contribution in [3.05, 3.63) is 65.2 Å². The number of benzene rings is 2. The molecule has 0 N–H and O–H groups in total. The average molecular weight is 260 g/mol. The van der Waals surface area contributed by atoms with Crippen molar-refractivity contribution in [3.63, 3.8) is 0 Å². The molecule has 0 fully saturated rings. The van der Waals surface area contributed by atoms with E-state index in [9.17, 15) is 5.26 Å². The zero-order chi connectivity index (χ0) is 14.2. The van der Waals surface area contributed by atoms with E-state index in [-0.39, 0.29) is 5.41 Å². The number of aliphatic imine (C=N–C) groups is 1. The fourth-order valence-corrected chi connectivity index (χ4v) is 2.92. The van der Waals surface area contributed by atoms with Crippen molar-refractivity contribution in [2.75, 3.05) is 0 Å². The summed E-state index contributed by atoms with van der Waals surface area (Å²) in [7, 11) is 0.